The van der Waals surface area contributed by atoms with Crippen molar-refractivity contribution in [2.75, 3.05) is 13.1 Å². The average Bonchev–Trinajstić information content (AvgIpc) is 2.67. The average molecular weight is 259 g/mol. The van der Waals surface area contributed by atoms with Crippen molar-refractivity contribution in [2.45, 2.75) is 19.9 Å². The van der Waals surface area contributed by atoms with E-state index in [1.54, 1.807) is 0 Å². The van der Waals surface area contributed by atoms with Gasteiger partial charge in [0.2, 0.25) is 0 Å². The molecule has 0 atom stereocenters. The van der Waals surface area contributed by atoms with Crippen LogP contribution in [-0.2, 0) is 11.3 Å². The van der Waals surface area contributed by atoms with Gasteiger partial charge in [0, 0.05) is 32.0 Å². The fourth-order valence-corrected chi connectivity index (χ4v) is 2.64. The van der Waals surface area contributed by atoms with Crippen molar-refractivity contribution in [3.63, 3.8) is 0 Å². The van der Waals surface area contributed by atoms with Crippen LogP contribution in [0.4, 0.5) is 0 Å². The molecule has 19 heavy (non-hydrogen) atoms. The largest absolute Gasteiger partial charge is 0.481 e. The monoisotopic (exact) mass is 259 g/mol. The van der Waals surface area contributed by atoms with Gasteiger partial charge in [0.15, 0.2) is 0 Å². The van der Waals surface area contributed by atoms with E-state index in [0.29, 0.717) is 5.92 Å². The summed E-state index contributed by atoms with van der Waals surface area (Å²) in [7, 11) is 0. The number of carboxylic acid groups (broad SMARTS) is 1. The third-order valence-electron chi connectivity index (χ3n) is 3.53. The number of rotatable bonds is 4. The molecule has 1 aliphatic heterocycles. The van der Waals surface area contributed by atoms with Crippen molar-refractivity contribution in [1.82, 2.24) is 14.3 Å². The number of imidazole rings is 1. The number of aryl methyl sites for hydroxylation is 1. The maximum atomic E-state index is 10.6. The number of aliphatic carboxylic acids is 1. The zero-order valence-electron chi connectivity index (χ0n) is 10.9. The number of pyridine rings is 1. The van der Waals surface area contributed by atoms with Crippen LogP contribution in [0.5, 0.6) is 0 Å². The number of hydrogen-bond donors (Lipinski definition) is 1. The van der Waals surface area contributed by atoms with Crippen molar-refractivity contribution in [2.24, 2.45) is 5.92 Å². The first-order chi connectivity index (χ1) is 9.10. The maximum absolute atomic E-state index is 10.6. The molecule has 0 bridgehead atoms. The van der Waals surface area contributed by atoms with Crippen LogP contribution in [0.2, 0.25) is 0 Å². The summed E-state index contributed by atoms with van der Waals surface area (Å²) in [6.45, 7) is 4.58. The van der Waals surface area contributed by atoms with Crippen LogP contribution in [-0.4, -0.2) is 38.4 Å². The summed E-state index contributed by atoms with van der Waals surface area (Å²) in [4.78, 5) is 17.4. The SMILES string of the molecule is Cc1ccc2nc(CN3CC(CC(=O)O)C3)cn2c1. The molecule has 2 aromatic rings. The highest BCUT2D eigenvalue weighted by atomic mass is 16.4. The van der Waals surface area contributed by atoms with Gasteiger partial charge in [0.05, 0.1) is 12.1 Å². The minimum absolute atomic E-state index is 0.279. The minimum atomic E-state index is -0.701. The molecule has 1 saturated heterocycles. The molecule has 0 saturated carbocycles. The lowest BCUT2D eigenvalue weighted by molar-refractivity contribution is -0.139. The molecule has 3 rings (SSSR count). The molecule has 0 amide bonds. The van der Waals surface area contributed by atoms with Gasteiger partial charge >= 0.3 is 5.97 Å². The second-order valence-electron chi connectivity index (χ2n) is 5.36. The Morgan fingerprint density at radius 2 is 2.21 bits per heavy atom. The topological polar surface area (TPSA) is 57.8 Å². The zero-order chi connectivity index (χ0) is 13.4. The van der Waals surface area contributed by atoms with Crippen molar-refractivity contribution < 1.29 is 9.90 Å². The Morgan fingerprint density at radius 1 is 1.42 bits per heavy atom. The first-order valence-corrected chi connectivity index (χ1v) is 6.48. The number of nitrogens with zero attached hydrogens (tertiary/aromatic N) is 3. The maximum Gasteiger partial charge on any atom is 0.303 e. The van der Waals surface area contributed by atoms with Gasteiger partial charge in [0.1, 0.15) is 5.65 Å². The Morgan fingerprint density at radius 3 is 2.95 bits per heavy atom. The van der Waals surface area contributed by atoms with Crippen molar-refractivity contribution >= 4 is 11.6 Å². The Hall–Kier alpha value is -1.88. The Bertz CT molecular complexity index is 614. The highest BCUT2D eigenvalue weighted by molar-refractivity contribution is 5.67. The lowest BCUT2D eigenvalue weighted by Crippen LogP contribution is -2.46. The molecule has 0 aliphatic carbocycles. The molecule has 2 aromatic heterocycles. The third-order valence-corrected chi connectivity index (χ3v) is 3.53. The molecule has 0 unspecified atom stereocenters. The van der Waals surface area contributed by atoms with Crippen LogP contribution in [0, 0.1) is 12.8 Å². The Balaban J connectivity index is 1.62. The fourth-order valence-electron chi connectivity index (χ4n) is 2.64. The van der Waals surface area contributed by atoms with E-state index in [1.165, 1.54) is 5.56 Å². The predicted octanol–water partition coefficient (Wildman–Crippen LogP) is 1.55. The number of fused-ring (bicyclic) bond motifs is 1. The summed E-state index contributed by atoms with van der Waals surface area (Å²) < 4.78 is 2.04. The van der Waals surface area contributed by atoms with Gasteiger partial charge < -0.3 is 9.51 Å². The molecular formula is C14H17N3O2. The second-order valence-corrected chi connectivity index (χ2v) is 5.36. The Labute approximate surface area is 111 Å². The summed E-state index contributed by atoms with van der Waals surface area (Å²) in [5, 5.41) is 8.71. The molecule has 5 heteroatoms. The van der Waals surface area contributed by atoms with E-state index in [2.05, 4.69) is 29.1 Å². The summed E-state index contributed by atoms with van der Waals surface area (Å²) in [5.74, 6) is -0.398. The number of hydrogen-bond acceptors (Lipinski definition) is 3. The molecular weight excluding hydrogens is 242 g/mol. The zero-order valence-corrected chi connectivity index (χ0v) is 10.9. The highest BCUT2D eigenvalue weighted by Gasteiger charge is 2.28. The lowest BCUT2D eigenvalue weighted by Gasteiger charge is -2.38. The number of carboxylic acids is 1. The van der Waals surface area contributed by atoms with Gasteiger partial charge in [-0.25, -0.2) is 4.98 Å². The van der Waals surface area contributed by atoms with Crippen LogP contribution in [0.25, 0.3) is 5.65 Å². The van der Waals surface area contributed by atoms with Gasteiger partial charge in [-0.2, -0.15) is 0 Å². The first kappa shape index (κ1) is 12.2. The normalized spacial score (nSPS) is 16.7. The molecule has 1 N–H and O–H groups in total. The van der Waals surface area contributed by atoms with Crippen LogP contribution in [0.1, 0.15) is 17.7 Å². The smallest absolute Gasteiger partial charge is 0.303 e. The van der Waals surface area contributed by atoms with Crippen LogP contribution in [0.3, 0.4) is 0 Å². The van der Waals surface area contributed by atoms with E-state index in [9.17, 15) is 4.79 Å². The second kappa shape index (κ2) is 4.66. The quantitative estimate of drug-likeness (QED) is 0.905. The van der Waals surface area contributed by atoms with Gasteiger partial charge in [-0.05, 0) is 24.5 Å². The summed E-state index contributed by atoms with van der Waals surface area (Å²) in [6.07, 6.45) is 4.39. The van der Waals surface area contributed by atoms with Crippen molar-refractivity contribution in [3.8, 4) is 0 Å². The molecule has 1 aliphatic rings. The van der Waals surface area contributed by atoms with Gasteiger partial charge in [-0.3, -0.25) is 9.69 Å². The molecule has 0 spiro atoms. The Kier molecular flexibility index (Phi) is 2.98. The van der Waals surface area contributed by atoms with Crippen molar-refractivity contribution in [3.05, 3.63) is 35.8 Å². The molecule has 3 heterocycles. The van der Waals surface area contributed by atoms with E-state index >= 15 is 0 Å². The molecule has 0 radical (unpaired) electrons. The van der Waals surface area contributed by atoms with E-state index in [0.717, 1.165) is 31.0 Å². The number of carbonyl (C=O) groups is 1. The van der Waals surface area contributed by atoms with E-state index < -0.39 is 5.97 Å². The molecule has 100 valence electrons. The highest BCUT2D eigenvalue weighted by Crippen LogP contribution is 2.21. The molecule has 0 aromatic carbocycles. The molecule has 1 fully saturated rings. The number of aromatic nitrogens is 2. The summed E-state index contributed by atoms with van der Waals surface area (Å²) in [5.41, 5.74) is 3.21. The standard InChI is InChI=1S/C14H17N3O2/c1-10-2-3-13-15-12(9-17(13)5-10)8-16-6-11(7-16)4-14(18)19/h2-3,5,9,11H,4,6-8H2,1H3,(H,18,19). The summed E-state index contributed by atoms with van der Waals surface area (Å²) in [6, 6.07) is 4.07. The first-order valence-electron chi connectivity index (χ1n) is 6.48. The van der Waals surface area contributed by atoms with Gasteiger partial charge in [-0.1, -0.05) is 6.07 Å². The van der Waals surface area contributed by atoms with Crippen molar-refractivity contribution in [1.29, 1.82) is 0 Å². The van der Waals surface area contributed by atoms with Crippen LogP contribution < -0.4 is 0 Å². The van der Waals surface area contributed by atoms with E-state index in [-0.39, 0.29) is 6.42 Å². The van der Waals surface area contributed by atoms with Gasteiger partial charge in [0.25, 0.3) is 0 Å². The van der Waals surface area contributed by atoms with Crippen LogP contribution >= 0.6 is 0 Å². The number of likely N-dealkylation sites (tertiary alicyclic amines) is 1. The predicted molar refractivity (Wildman–Crippen MR) is 70.9 cm³/mol. The summed E-state index contributed by atoms with van der Waals surface area (Å²) >= 11 is 0. The lowest BCUT2D eigenvalue weighted by atomic mass is 9.96. The minimum Gasteiger partial charge on any atom is -0.481 e. The fraction of sp³-hybridized carbons (Fsp3) is 0.429. The third kappa shape index (κ3) is 2.61. The van der Waals surface area contributed by atoms with E-state index in [1.807, 2.05) is 16.7 Å². The van der Waals surface area contributed by atoms with Gasteiger partial charge in [-0.15, -0.1) is 0 Å². The molecule has 5 nitrogen and oxygen atoms in total. The van der Waals surface area contributed by atoms with E-state index in [4.69, 9.17) is 5.11 Å². The van der Waals surface area contributed by atoms with Crippen LogP contribution in [0.15, 0.2) is 24.5 Å².